The minimum absolute atomic E-state index is 0.00457. The number of nitrogens with zero attached hydrogens (tertiary/aromatic N) is 1. The van der Waals surface area contributed by atoms with Gasteiger partial charge in [0, 0.05) is 18.4 Å². The highest BCUT2D eigenvalue weighted by molar-refractivity contribution is 5.72. The van der Waals surface area contributed by atoms with E-state index in [0.717, 1.165) is 25.7 Å². The molecule has 1 aromatic rings. The van der Waals surface area contributed by atoms with Gasteiger partial charge in [-0.05, 0) is 25.7 Å². The van der Waals surface area contributed by atoms with E-state index >= 15 is 0 Å². The molecule has 2 N–H and O–H groups in total. The number of methoxy groups -OCH3 is 1. The molecule has 98 valence electrons. The maximum absolute atomic E-state index is 11.5. The van der Waals surface area contributed by atoms with Gasteiger partial charge < -0.3 is 15.0 Å². The summed E-state index contributed by atoms with van der Waals surface area (Å²) in [5.74, 6) is 0.207. The third-order valence-corrected chi connectivity index (χ3v) is 3.31. The average Bonchev–Trinajstić information content (AvgIpc) is 2.41. The molecule has 2 rings (SSSR count). The van der Waals surface area contributed by atoms with Crippen molar-refractivity contribution in [3.05, 3.63) is 22.7 Å². The lowest BCUT2D eigenvalue weighted by Gasteiger charge is -2.27. The van der Waals surface area contributed by atoms with Crippen LogP contribution in [0.4, 0.5) is 5.82 Å². The zero-order chi connectivity index (χ0) is 13.0. The zero-order valence-corrected chi connectivity index (χ0v) is 10.3. The van der Waals surface area contributed by atoms with Crippen LogP contribution in [0.15, 0.2) is 17.2 Å². The van der Waals surface area contributed by atoms with Crippen LogP contribution in [0.2, 0.25) is 0 Å². The smallest absolute Gasteiger partial charge is 0.308 e. The molecular formula is C12H17N3O3. The first kappa shape index (κ1) is 12.6. The number of aromatic nitrogens is 2. The Morgan fingerprint density at radius 2 is 2.17 bits per heavy atom. The van der Waals surface area contributed by atoms with Crippen LogP contribution in [0.3, 0.4) is 0 Å². The molecular weight excluding hydrogens is 234 g/mol. The monoisotopic (exact) mass is 251 g/mol. The van der Waals surface area contributed by atoms with Crippen molar-refractivity contribution in [2.24, 2.45) is 5.92 Å². The standard InChI is InChI=1S/C12H17N3O3/c1-18-12(17)8-2-4-9(5-3-8)15-10-11(16)14-7-6-13-10/h6-9H,2-5H2,1H3,(H,13,15)(H,14,16). The second-order valence-corrected chi connectivity index (χ2v) is 4.48. The molecule has 1 aliphatic carbocycles. The fourth-order valence-electron chi connectivity index (χ4n) is 2.29. The van der Waals surface area contributed by atoms with Crippen molar-refractivity contribution in [2.45, 2.75) is 31.7 Å². The third kappa shape index (κ3) is 2.88. The molecule has 0 bridgehead atoms. The number of anilines is 1. The molecule has 18 heavy (non-hydrogen) atoms. The van der Waals surface area contributed by atoms with Crippen LogP contribution in [-0.4, -0.2) is 29.1 Å². The normalized spacial score (nSPS) is 23.4. The number of carbonyl (C=O) groups excluding carboxylic acids is 1. The second-order valence-electron chi connectivity index (χ2n) is 4.48. The molecule has 0 amide bonds. The average molecular weight is 251 g/mol. The van der Waals surface area contributed by atoms with Crippen LogP contribution in [0, 0.1) is 5.92 Å². The van der Waals surface area contributed by atoms with Gasteiger partial charge in [-0.1, -0.05) is 0 Å². The van der Waals surface area contributed by atoms with Gasteiger partial charge in [-0.15, -0.1) is 0 Å². The van der Waals surface area contributed by atoms with E-state index in [2.05, 4.69) is 15.3 Å². The summed E-state index contributed by atoms with van der Waals surface area (Å²) in [7, 11) is 1.42. The number of H-pyrrole nitrogens is 1. The van der Waals surface area contributed by atoms with Crippen molar-refractivity contribution in [2.75, 3.05) is 12.4 Å². The first-order valence-corrected chi connectivity index (χ1v) is 6.08. The number of rotatable bonds is 3. The van der Waals surface area contributed by atoms with Crippen molar-refractivity contribution in [3.63, 3.8) is 0 Å². The highest BCUT2D eigenvalue weighted by Crippen LogP contribution is 2.26. The quantitative estimate of drug-likeness (QED) is 0.780. The lowest BCUT2D eigenvalue weighted by atomic mass is 9.86. The fourth-order valence-corrected chi connectivity index (χ4v) is 2.29. The highest BCUT2D eigenvalue weighted by Gasteiger charge is 2.27. The maximum atomic E-state index is 11.5. The molecule has 6 nitrogen and oxygen atoms in total. The topological polar surface area (TPSA) is 84.1 Å². The Hall–Kier alpha value is -1.85. The van der Waals surface area contributed by atoms with Crippen molar-refractivity contribution < 1.29 is 9.53 Å². The van der Waals surface area contributed by atoms with Crippen LogP contribution in [-0.2, 0) is 9.53 Å². The Morgan fingerprint density at radius 1 is 1.44 bits per heavy atom. The van der Waals surface area contributed by atoms with Crippen LogP contribution in [0.25, 0.3) is 0 Å². The Morgan fingerprint density at radius 3 is 2.78 bits per heavy atom. The number of aromatic amines is 1. The van der Waals surface area contributed by atoms with Gasteiger partial charge in [-0.2, -0.15) is 0 Å². The number of hydrogen-bond acceptors (Lipinski definition) is 5. The van der Waals surface area contributed by atoms with Gasteiger partial charge in [0.25, 0.3) is 5.56 Å². The summed E-state index contributed by atoms with van der Waals surface area (Å²) in [6.07, 6.45) is 6.31. The Kier molecular flexibility index (Phi) is 3.96. The van der Waals surface area contributed by atoms with Gasteiger partial charge in [0.2, 0.25) is 0 Å². The fraction of sp³-hybridized carbons (Fsp3) is 0.583. The molecule has 0 aliphatic heterocycles. The summed E-state index contributed by atoms with van der Waals surface area (Å²) in [5.41, 5.74) is -0.215. The van der Waals surface area contributed by atoms with E-state index in [1.807, 2.05) is 0 Å². The SMILES string of the molecule is COC(=O)C1CCC(Nc2ncc[nH]c2=O)CC1. The lowest BCUT2D eigenvalue weighted by molar-refractivity contribution is -0.146. The summed E-state index contributed by atoms with van der Waals surface area (Å²) in [4.78, 5) is 29.4. The molecule has 0 atom stereocenters. The van der Waals surface area contributed by atoms with Crippen molar-refractivity contribution in [1.82, 2.24) is 9.97 Å². The number of carbonyl (C=O) groups is 1. The Bertz CT molecular complexity index is 464. The van der Waals surface area contributed by atoms with E-state index in [-0.39, 0.29) is 23.5 Å². The Labute approximate surface area is 105 Å². The molecule has 1 aromatic heterocycles. The zero-order valence-electron chi connectivity index (χ0n) is 10.3. The minimum atomic E-state index is -0.215. The summed E-state index contributed by atoms with van der Waals surface area (Å²) >= 11 is 0. The van der Waals surface area contributed by atoms with E-state index in [9.17, 15) is 9.59 Å². The lowest BCUT2D eigenvalue weighted by Crippen LogP contribution is -2.32. The van der Waals surface area contributed by atoms with E-state index in [0.29, 0.717) is 5.82 Å². The largest absolute Gasteiger partial charge is 0.469 e. The highest BCUT2D eigenvalue weighted by atomic mass is 16.5. The summed E-state index contributed by atoms with van der Waals surface area (Å²) in [5, 5.41) is 3.12. The van der Waals surface area contributed by atoms with Crippen molar-refractivity contribution in [1.29, 1.82) is 0 Å². The first-order valence-electron chi connectivity index (χ1n) is 6.08. The van der Waals surface area contributed by atoms with Gasteiger partial charge in [-0.3, -0.25) is 9.59 Å². The van der Waals surface area contributed by atoms with E-state index in [4.69, 9.17) is 4.74 Å². The molecule has 6 heteroatoms. The summed E-state index contributed by atoms with van der Waals surface area (Å²) < 4.78 is 4.74. The molecule has 0 radical (unpaired) electrons. The maximum Gasteiger partial charge on any atom is 0.308 e. The molecule has 0 saturated heterocycles. The van der Waals surface area contributed by atoms with Crippen molar-refractivity contribution >= 4 is 11.8 Å². The third-order valence-electron chi connectivity index (χ3n) is 3.31. The molecule has 1 aliphatic rings. The molecule has 0 aromatic carbocycles. The minimum Gasteiger partial charge on any atom is -0.469 e. The molecule has 1 fully saturated rings. The number of esters is 1. The van der Waals surface area contributed by atoms with Gasteiger partial charge in [0.15, 0.2) is 5.82 Å². The van der Waals surface area contributed by atoms with Gasteiger partial charge in [0.05, 0.1) is 13.0 Å². The van der Waals surface area contributed by atoms with Crippen LogP contribution >= 0.6 is 0 Å². The van der Waals surface area contributed by atoms with Crippen LogP contribution in [0.1, 0.15) is 25.7 Å². The van der Waals surface area contributed by atoms with E-state index < -0.39 is 0 Å². The predicted molar refractivity (Wildman–Crippen MR) is 66.2 cm³/mol. The Balaban J connectivity index is 1.89. The predicted octanol–water partition coefficient (Wildman–Crippen LogP) is 0.914. The van der Waals surface area contributed by atoms with Crippen LogP contribution < -0.4 is 10.9 Å². The molecule has 1 heterocycles. The molecule has 0 spiro atoms. The van der Waals surface area contributed by atoms with Gasteiger partial charge in [0.1, 0.15) is 0 Å². The molecule has 0 unspecified atom stereocenters. The van der Waals surface area contributed by atoms with Gasteiger partial charge >= 0.3 is 5.97 Å². The van der Waals surface area contributed by atoms with Crippen LogP contribution in [0.5, 0.6) is 0 Å². The van der Waals surface area contributed by atoms with E-state index in [1.54, 1.807) is 6.20 Å². The second kappa shape index (κ2) is 5.66. The van der Waals surface area contributed by atoms with Crippen molar-refractivity contribution in [3.8, 4) is 0 Å². The van der Waals surface area contributed by atoms with E-state index in [1.165, 1.54) is 13.3 Å². The summed E-state index contributed by atoms with van der Waals surface area (Å²) in [6.45, 7) is 0. The van der Waals surface area contributed by atoms with Gasteiger partial charge in [-0.25, -0.2) is 4.98 Å². The number of ether oxygens (including phenoxy) is 1. The molecule has 1 saturated carbocycles. The number of nitrogens with one attached hydrogen (secondary N) is 2. The number of hydrogen-bond donors (Lipinski definition) is 2. The first-order chi connectivity index (χ1) is 8.70. The summed E-state index contributed by atoms with van der Waals surface area (Å²) in [6, 6.07) is 0.196.